The van der Waals surface area contributed by atoms with E-state index in [2.05, 4.69) is 160 Å². The molecule has 2 heterocycles. The molecule has 2 fully saturated rings. The normalized spacial score (nSPS) is 23.9. The van der Waals surface area contributed by atoms with Crippen molar-refractivity contribution in [2.45, 2.75) is 204 Å². The summed E-state index contributed by atoms with van der Waals surface area (Å²) in [6.45, 7) is 51.5. The van der Waals surface area contributed by atoms with Gasteiger partial charge in [0.1, 0.15) is 0 Å². The van der Waals surface area contributed by atoms with Crippen LogP contribution in [-0.2, 0) is 17.7 Å². The van der Waals surface area contributed by atoms with Gasteiger partial charge in [-0.05, 0) is 109 Å². The molecule has 2 saturated heterocycles. The van der Waals surface area contributed by atoms with Gasteiger partial charge in [-0.15, -0.1) is 0 Å². The molecule has 1 aromatic carbocycles. The second kappa shape index (κ2) is 16.9. The number of hydrogen-bond donors (Lipinski definition) is 0. The number of rotatable bonds is 14. The molecule has 0 unspecified atom stereocenters. The Bertz CT molecular complexity index is 1130. The fourth-order valence-electron chi connectivity index (χ4n) is 6.35. The van der Waals surface area contributed by atoms with Crippen molar-refractivity contribution in [3.05, 3.63) is 24.3 Å². The van der Waals surface area contributed by atoms with E-state index in [0.717, 1.165) is 26.4 Å². The van der Waals surface area contributed by atoms with Crippen LogP contribution in [0.5, 0.6) is 0 Å². The van der Waals surface area contributed by atoms with Crippen molar-refractivity contribution in [1.82, 2.24) is 0 Å². The molecular weight excluding hydrogens is 743 g/mol. The van der Waals surface area contributed by atoms with Crippen molar-refractivity contribution < 1.29 is 17.7 Å². The second-order valence-electron chi connectivity index (χ2n) is 22.4. The van der Waals surface area contributed by atoms with Crippen molar-refractivity contribution in [3.8, 4) is 0 Å². The average molecular weight is 827 g/mol. The van der Waals surface area contributed by atoms with Crippen LogP contribution in [0.15, 0.2) is 24.3 Å². The Morgan fingerprint density at radius 2 is 0.615 bits per heavy atom. The molecule has 3 rings (SSSR count). The van der Waals surface area contributed by atoms with E-state index in [1.54, 1.807) is 10.6 Å². The highest BCUT2D eigenvalue weighted by Gasteiger charge is 2.48. The van der Waals surface area contributed by atoms with Crippen LogP contribution in [0.3, 0.4) is 0 Å². The molecule has 0 radical (unpaired) electrons. The summed E-state index contributed by atoms with van der Waals surface area (Å²) in [6.07, 6.45) is 4.98. The summed E-state index contributed by atoms with van der Waals surface area (Å²) in [6, 6.07) is 9.77. The van der Waals surface area contributed by atoms with Crippen LogP contribution in [0.2, 0.25) is 72.5 Å². The molecule has 0 saturated carbocycles. The SMILES string of the molecule is CC(C)(C)[Si](C)(C)OC[C@H]1CC[C@H](CO[Si](C)(C)C(C)(C)C)P1c1ccccc1P1[C@@H](CO[Si](C)(C)C(C)(C)C)CC[C@@H]1CO[Si](C)(C)C(C)(C)C. The Balaban J connectivity index is 2.10. The van der Waals surface area contributed by atoms with Gasteiger partial charge in [0.25, 0.3) is 0 Å². The lowest BCUT2D eigenvalue weighted by molar-refractivity contribution is 0.279. The summed E-state index contributed by atoms with van der Waals surface area (Å²) in [5.74, 6) is 0. The van der Waals surface area contributed by atoms with Crippen LogP contribution < -0.4 is 10.6 Å². The molecule has 10 heteroatoms. The Morgan fingerprint density at radius 1 is 0.423 bits per heavy atom. The first-order valence-electron chi connectivity index (χ1n) is 20.5. The summed E-state index contributed by atoms with van der Waals surface area (Å²) in [4.78, 5) is 0. The van der Waals surface area contributed by atoms with Gasteiger partial charge in [0.2, 0.25) is 0 Å². The number of hydrogen-bond acceptors (Lipinski definition) is 4. The fraction of sp³-hybridized carbons (Fsp3) is 0.857. The predicted molar refractivity (Wildman–Crippen MR) is 246 cm³/mol. The van der Waals surface area contributed by atoms with Crippen molar-refractivity contribution >= 4 is 59.7 Å². The third-order valence-electron chi connectivity index (χ3n) is 14.4. The standard InChI is InChI=1S/C42H84O4P2Si4/c1-39(2,3)49(13,14)43-29-33-25-26-34(30-44-50(15,16)40(4,5)6)47(33)37-23-21-22-24-38(37)48-35(31-45-51(17,18)41(7,8)9)27-28-36(48)32-46-52(19,20)42(10,11)12/h21-24,33-36H,25-32H2,1-20H3/t33-,34-,35-,36-/m1/s1. The van der Waals surface area contributed by atoms with Crippen molar-refractivity contribution in [2.24, 2.45) is 0 Å². The van der Waals surface area contributed by atoms with Crippen LogP contribution >= 0.6 is 15.8 Å². The van der Waals surface area contributed by atoms with E-state index in [-0.39, 0.29) is 20.2 Å². The first kappa shape index (κ1) is 47.2. The molecule has 2 aliphatic heterocycles. The van der Waals surface area contributed by atoms with Gasteiger partial charge in [-0.2, -0.15) is 0 Å². The Kier molecular flexibility index (Phi) is 15.4. The van der Waals surface area contributed by atoms with Gasteiger partial charge in [0.05, 0.1) is 0 Å². The molecule has 0 N–H and O–H groups in total. The van der Waals surface area contributed by atoms with E-state index in [4.69, 9.17) is 17.7 Å². The van der Waals surface area contributed by atoms with Gasteiger partial charge in [-0.25, -0.2) is 0 Å². The molecule has 52 heavy (non-hydrogen) atoms. The van der Waals surface area contributed by atoms with E-state index in [1.807, 2.05) is 0 Å². The van der Waals surface area contributed by atoms with Crippen LogP contribution in [0, 0.1) is 0 Å². The van der Waals surface area contributed by atoms with Crippen LogP contribution in [0.25, 0.3) is 0 Å². The molecule has 0 aliphatic carbocycles. The summed E-state index contributed by atoms with van der Waals surface area (Å²) in [5.41, 5.74) is 2.28. The quantitative estimate of drug-likeness (QED) is 0.138. The molecule has 2 aliphatic rings. The van der Waals surface area contributed by atoms with Crippen LogP contribution in [0.1, 0.15) is 109 Å². The van der Waals surface area contributed by atoms with Gasteiger partial charge >= 0.3 is 0 Å². The summed E-state index contributed by atoms with van der Waals surface area (Å²) in [5, 5.41) is 4.14. The van der Waals surface area contributed by atoms with E-state index in [9.17, 15) is 0 Å². The smallest absolute Gasteiger partial charge is 0.192 e. The van der Waals surface area contributed by atoms with Crippen LogP contribution in [0.4, 0.5) is 0 Å². The average Bonchev–Trinajstić information content (AvgIpc) is 3.58. The first-order valence-corrected chi connectivity index (χ1v) is 35.1. The summed E-state index contributed by atoms with van der Waals surface area (Å²) < 4.78 is 28.4. The van der Waals surface area contributed by atoms with Crippen LogP contribution in [-0.4, -0.2) is 82.3 Å². The maximum absolute atomic E-state index is 7.10. The topological polar surface area (TPSA) is 36.9 Å². The van der Waals surface area contributed by atoms with Gasteiger partial charge in [-0.1, -0.05) is 123 Å². The van der Waals surface area contributed by atoms with E-state index >= 15 is 0 Å². The molecule has 4 nitrogen and oxygen atoms in total. The van der Waals surface area contributed by atoms with E-state index in [1.165, 1.54) is 25.7 Å². The lowest BCUT2D eigenvalue weighted by Crippen LogP contribution is -2.44. The highest BCUT2D eigenvalue weighted by molar-refractivity contribution is 7.73. The Morgan fingerprint density at radius 3 is 0.788 bits per heavy atom. The zero-order valence-electron chi connectivity index (χ0n) is 37.8. The molecule has 0 spiro atoms. The van der Waals surface area contributed by atoms with E-state index in [0.29, 0.717) is 22.6 Å². The van der Waals surface area contributed by atoms with Gasteiger partial charge in [0, 0.05) is 49.1 Å². The highest BCUT2D eigenvalue weighted by Crippen LogP contribution is 2.60. The minimum absolute atomic E-state index is 0.207. The molecule has 0 bridgehead atoms. The second-order valence-corrected chi connectivity index (χ2v) is 47.1. The van der Waals surface area contributed by atoms with Crippen molar-refractivity contribution in [1.29, 1.82) is 0 Å². The minimum Gasteiger partial charge on any atom is -0.416 e. The third kappa shape index (κ3) is 11.2. The first-order chi connectivity index (χ1) is 23.3. The van der Waals surface area contributed by atoms with Gasteiger partial charge < -0.3 is 17.7 Å². The largest absolute Gasteiger partial charge is 0.416 e. The molecule has 0 amide bonds. The zero-order valence-corrected chi connectivity index (χ0v) is 43.6. The van der Waals surface area contributed by atoms with E-state index < -0.39 is 49.1 Å². The van der Waals surface area contributed by atoms with Crippen molar-refractivity contribution in [3.63, 3.8) is 0 Å². The minimum atomic E-state index is -1.88. The number of benzene rings is 1. The molecule has 1 aromatic rings. The molecule has 0 aromatic heterocycles. The Labute approximate surface area is 330 Å². The fourth-order valence-corrected chi connectivity index (χ4v) is 18.4. The molecule has 302 valence electrons. The lowest BCUT2D eigenvalue weighted by atomic mass is 10.2. The molecule has 4 atom stereocenters. The maximum atomic E-state index is 7.10. The third-order valence-corrected chi connectivity index (χ3v) is 39.3. The van der Waals surface area contributed by atoms with Crippen molar-refractivity contribution in [2.75, 3.05) is 26.4 Å². The lowest BCUT2D eigenvalue weighted by Gasteiger charge is -2.41. The Hall–Kier alpha value is 0.788. The van der Waals surface area contributed by atoms with Gasteiger partial charge in [0.15, 0.2) is 33.3 Å². The monoisotopic (exact) mass is 826 g/mol. The maximum Gasteiger partial charge on any atom is 0.192 e. The summed E-state index contributed by atoms with van der Waals surface area (Å²) in [7, 11) is -8.48. The van der Waals surface area contributed by atoms with Gasteiger partial charge in [-0.3, -0.25) is 0 Å². The predicted octanol–water partition coefficient (Wildman–Crippen LogP) is 13.1. The highest BCUT2D eigenvalue weighted by atomic mass is 31.1. The zero-order chi connectivity index (χ0) is 39.9. The molecular formula is C42H84O4P2Si4. The summed E-state index contributed by atoms with van der Waals surface area (Å²) >= 11 is 0.